The molecule has 36 heavy (non-hydrogen) atoms. The maximum Gasteiger partial charge on any atom is 0.416 e. The van der Waals surface area contributed by atoms with E-state index in [1.54, 1.807) is 31.4 Å². The van der Waals surface area contributed by atoms with E-state index in [0.29, 0.717) is 16.6 Å². The van der Waals surface area contributed by atoms with Crippen molar-refractivity contribution in [2.75, 3.05) is 12.4 Å². The van der Waals surface area contributed by atoms with Crippen LogP contribution in [0.1, 0.15) is 17.5 Å². The number of aliphatic imine (C=N–C) groups is 1. The van der Waals surface area contributed by atoms with E-state index in [1.807, 2.05) is 30.3 Å². The Balaban J connectivity index is 1.53. The first-order valence-corrected chi connectivity index (χ1v) is 11.8. The Bertz CT molecular complexity index is 1250. The summed E-state index contributed by atoms with van der Waals surface area (Å²) in [5, 5.41) is 2.37. The molecule has 10 heteroatoms. The summed E-state index contributed by atoms with van der Waals surface area (Å²) in [6.07, 6.45) is -4.54. The maximum atomic E-state index is 13.2. The van der Waals surface area contributed by atoms with Gasteiger partial charge in [0.2, 0.25) is 11.8 Å². The van der Waals surface area contributed by atoms with Crippen LogP contribution in [-0.4, -0.2) is 34.2 Å². The van der Waals surface area contributed by atoms with Gasteiger partial charge in [-0.3, -0.25) is 14.5 Å². The SMILES string of the molecule is COc1ccc(NC(=O)C[C@H]2SC(=Nc3ccc(C(F)(F)F)cc3)N(Cc3ccccc3)C2=O)cc1. The van der Waals surface area contributed by atoms with Crippen molar-refractivity contribution in [1.29, 1.82) is 0 Å². The van der Waals surface area contributed by atoms with Crippen LogP contribution in [0.2, 0.25) is 0 Å². The number of carbonyl (C=O) groups is 2. The fourth-order valence-corrected chi connectivity index (χ4v) is 4.68. The molecule has 3 aromatic carbocycles. The molecule has 4 rings (SSSR count). The number of amides is 2. The van der Waals surface area contributed by atoms with Crippen LogP contribution < -0.4 is 10.1 Å². The highest BCUT2D eigenvalue weighted by atomic mass is 32.2. The molecule has 1 aliphatic heterocycles. The van der Waals surface area contributed by atoms with Crippen molar-refractivity contribution in [1.82, 2.24) is 4.90 Å². The third-order valence-electron chi connectivity index (χ3n) is 5.37. The molecule has 1 saturated heterocycles. The van der Waals surface area contributed by atoms with Gasteiger partial charge in [-0.2, -0.15) is 13.2 Å². The number of amidine groups is 1. The van der Waals surface area contributed by atoms with Crippen LogP contribution >= 0.6 is 11.8 Å². The monoisotopic (exact) mass is 513 g/mol. The Morgan fingerprint density at radius 2 is 1.69 bits per heavy atom. The van der Waals surface area contributed by atoms with E-state index in [0.717, 1.165) is 29.5 Å². The summed E-state index contributed by atoms with van der Waals surface area (Å²) in [6.45, 7) is 0.225. The van der Waals surface area contributed by atoms with Crippen LogP contribution in [0.25, 0.3) is 0 Å². The molecule has 1 N–H and O–H groups in total. The van der Waals surface area contributed by atoms with E-state index < -0.39 is 17.0 Å². The lowest BCUT2D eigenvalue weighted by molar-refractivity contribution is -0.137. The third-order valence-corrected chi connectivity index (χ3v) is 6.54. The van der Waals surface area contributed by atoms with Crippen LogP contribution in [0.15, 0.2) is 83.9 Å². The molecule has 1 atom stereocenters. The smallest absolute Gasteiger partial charge is 0.416 e. The van der Waals surface area contributed by atoms with Crippen LogP contribution in [0.3, 0.4) is 0 Å². The highest BCUT2D eigenvalue weighted by molar-refractivity contribution is 8.15. The van der Waals surface area contributed by atoms with Crippen LogP contribution in [0.5, 0.6) is 5.75 Å². The number of carbonyl (C=O) groups excluding carboxylic acids is 2. The van der Waals surface area contributed by atoms with Crippen molar-refractivity contribution in [3.8, 4) is 5.75 Å². The van der Waals surface area contributed by atoms with E-state index >= 15 is 0 Å². The minimum Gasteiger partial charge on any atom is -0.497 e. The first-order chi connectivity index (χ1) is 17.2. The summed E-state index contributed by atoms with van der Waals surface area (Å²) in [7, 11) is 1.54. The van der Waals surface area contributed by atoms with Crippen molar-refractivity contribution in [2.45, 2.75) is 24.4 Å². The topological polar surface area (TPSA) is 71.0 Å². The molecule has 0 bridgehead atoms. The van der Waals surface area contributed by atoms with Gasteiger partial charge in [-0.15, -0.1) is 0 Å². The summed E-state index contributed by atoms with van der Waals surface area (Å²) in [5.74, 6) is 0.0102. The third kappa shape index (κ3) is 6.25. The second-order valence-corrected chi connectivity index (χ2v) is 9.11. The predicted molar refractivity (Wildman–Crippen MR) is 133 cm³/mol. The number of thioether (sulfide) groups is 1. The maximum absolute atomic E-state index is 13.2. The molecule has 0 aromatic heterocycles. The van der Waals surface area contributed by atoms with Crippen LogP contribution in [0, 0.1) is 0 Å². The predicted octanol–water partition coefficient (Wildman–Crippen LogP) is 5.87. The number of hydrogen-bond donors (Lipinski definition) is 1. The summed E-state index contributed by atoms with van der Waals surface area (Å²) >= 11 is 1.12. The highest BCUT2D eigenvalue weighted by Gasteiger charge is 2.39. The van der Waals surface area contributed by atoms with Gasteiger partial charge in [0.25, 0.3) is 0 Å². The Morgan fingerprint density at radius 1 is 1.03 bits per heavy atom. The minimum absolute atomic E-state index is 0.0904. The average Bonchev–Trinajstić information content (AvgIpc) is 3.13. The first-order valence-electron chi connectivity index (χ1n) is 10.9. The highest BCUT2D eigenvalue weighted by Crippen LogP contribution is 2.34. The van der Waals surface area contributed by atoms with Crippen molar-refractivity contribution in [2.24, 2.45) is 4.99 Å². The molecule has 0 spiro atoms. The summed E-state index contributed by atoms with van der Waals surface area (Å²) in [6, 6.07) is 20.5. The van der Waals surface area contributed by atoms with E-state index in [4.69, 9.17) is 4.74 Å². The van der Waals surface area contributed by atoms with Gasteiger partial charge in [-0.25, -0.2) is 4.99 Å². The number of rotatable bonds is 7. The zero-order chi connectivity index (χ0) is 25.7. The Kier molecular flexibility index (Phi) is 7.64. The van der Waals surface area contributed by atoms with Gasteiger partial charge in [0, 0.05) is 12.1 Å². The molecular weight excluding hydrogens is 491 g/mol. The summed E-state index contributed by atoms with van der Waals surface area (Å²) in [5.41, 5.74) is 0.918. The molecule has 1 aliphatic rings. The van der Waals surface area contributed by atoms with E-state index in [-0.39, 0.29) is 30.5 Å². The number of anilines is 1. The number of ether oxygens (including phenoxy) is 1. The Labute approximate surface area is 210 Å². The lowest BCUT2D eigenvalue weighted by Crippen LogP contribution is -2.33. The Hall–Kier alpha value is -3.79. The number of alkyl halides is 3. The molecule has 1 fully saturated rings. The molecule has 0 aliphatic carbocycles. The lowest BCUT2D eigenvalue weighted by atomic mass is 10.2. The molecule has 186 valence electrons. The number of nitrogens with one attached hydrogen (secondary N) is 1. The summed E-state index contributed by atoms with van der Waals surface area (Å²) in [4.78, 5) is 31.8. The molecule has 2 amide bonds. The van der Waals surface area contributed by atoms with Gasteiger partial charge < -0.3 is 10.1 Å². The molecule has 1 heterocycles. The second kappa shape index (κ2) is 10.9. The van der Waals surface area contributed by atoms with Gasteiger partial charge in [0.1, 0.15) is 11.0 Å². The Morgan fingerprint density at radius 3 is 2.31 bits per heavy atom. The minimum atomic E-state index is -4.45. The van der Waals surface area contributed by atoms with E-state index in [1.165, 1.54) is 17.0 Å². The van der Waals surface area contributed by atoms with Gasteiger partial charge in [0.05, 0.1) is 24.9 Å². The zero-order valence-corrected chi connectivity index (χ0v) is 20.0. The first kappa shape index (κ1) is 25.3. The molecule has 6 nitrogen and oxygen atoms in total. The number of benzene rings is 3. The largest absolute Gasteiger partial charge is 0.497 e. The van der Waals surface area contributed by atoms with Gasteiger partial charge in [0.15, 0.2) is 5.17 Å². The van der Waals surface area contributed by atoms with Crippen molar-refractivity contribution in [3.05, 3.63) is 90.0 Å². The number of halogens is 3. The fourth-order valence-electron chi connectivity index (χ4n) is 3.53. The van der Waals surface area contributed by atoms with E-state index in [2.05, 4.69) is 10.3 Å². The molecule has 3 aromatic rings. The van der Waals surface area contributed by atoms with Crippen molar-refractivity contribution >= 4 is 40.1 Å². The van der Waals surface area contributed by atoms with Crippen LogP contribution in [0.4, 0.5) is 24.5 Å². The van der Waals surface area contributed by atoms with Crippen molar-refractivity contribution < 1.29 is 27.5 Å². The lowest BCUT2D eigenvalue weighted by Gasteiger charge is -2.16. The van der Waals surface area contributed by atoms with Crippen molar-refractivity contribution in [3.63, 3.8) is 0 Å². The number of nitrogens with zero attached hydrogens (tertiary/aromatic N) is 2. The molecular formula is C26H22F3N3O3S. The average molecular weight is 514 g/mol. The second-order valence-electron chi connectivity index (χ2n) is 7.94. The molecule has 0 radical (unpaired) electrons. The fraction of sp³-hybridized carbons (Fsp3) is 0.192. The van der Waals surface area contributed by atoms with Gasteiger partial charge in [-0.1, -0.05) is 42.1 Å². The molecule has 0 saturated carbocycles. The normalized spacial score (nSPS) is 16.9. The van der Waals surface area contributed by atoms with Gasteiger partial charge in [-0.05, 0) is 54.1 Å². The molecule has 0 unspecified atom stereocenters. The number of methoxy groups -OCH3 is 1. The summed E-state index contributed by atoms with van der Waals surface area (Å²) < 4.78 is 43.8. The zero-order valence-electron chi connectivity index (χ0n) is 19.2. The van der Waals surface area contributed by atoms with E-state index in [9.17, 15) is 22.8 Å². The standard InChI is InChI=1S/C26H22F3N3O3S/c1-35-21-13-11-19(12-14-21)30-23(33)15-22-24(34)32(16-17-5-3-2-4-6-17)25(36-22)31-20-9-7-18(8-10-20)26(27,28)29/h2-14,22H,15-16H2,1H3,(H,30,33)/t22-/m1/s1. The number of hydrogen-bond acceptors (Lipinski definition) is 5. The quantitative estimate of drug-likeness (QED) is 0.429. The van der Waals surface area contributed by atoms with Crippen LogP contribution in [-0.2, 0) is 22.3 Å². The van der Waals surface area contributed by atoms with Gasteiger partial charge >= 0.3 is 6.18 Å².